The van der Waals surface area contributed by atoms with Gasteiger partial charge in [-0.3, -0.25) is 4.21 Å². The molecule has 1 aromatic carbocycles. The number of hydrogen-bond acceptors (Lipinski definition) is 2. The summed E-state index contributed by atoms with van der Waals surface area (Å²) >= 11 is -1.93. The molecule has 1 unspecified atom stereocenters. The van der Waals surface area contributed by atoms with Gasteiger partial charge < -0.3 is 4.55 Å². The lowest BCUT2D eigenvalue weighted by Crippen LogP contribution is -2.01. The summed E-state index contributed by atoms with van der Waals surface area (Å²) in [6, 6.07) is 7.97. The van der Waals surface area contributed by atoms with E-state index in [2.05, 4.69) is 6.92 Å². The molecule has 1 rings (SSSR count). The van der Waals surface area contributed by atoms with Crippen molar-refractivity contribution >= 4 is 11.1 Å². The minimum Gasteiger partial charge on any atom is -0.772 e. The van der Waals surface area contributed by atoms with Crippen LogP contribution in [-0.2, 0) is 23.9 Å². The monoisotopic (exact) mass is 197 g/mol. The maximum absolute atomic E-state index is 10.4. The van der Waals surface area contributed by atoms with Crippen molar-refractivity contribution in [2.24, 2.45) is 0 Å². The third kappa shape index (κ3) is 3.28. The van der Waals surface area contributed by atoms with E-state index in [0.29, 0.717) is 6.42 Å². The Kier molecular flexibility index (Phi) is 4.12. The van der Waals surface area contributed by atoms with Crippen LogP contribution in [0, 0.1) is 0 Å². The lowest BCUT2D eigenvalue weighted by atomic mass is 10.0. The molecular formula is C10H13O2S-. The van der Waals surface area contributed by atoms with Crippen LogP contribution in [0.25, 0.3) is 0 Å². The highest BCUT2D eigenvalue weighted by atomic mass is 32.2. The molecule has 3 heteroatoms. The highest BCUT2D eigenvalue weighted by Crippen LogP contribution is 2.10. The minimum absolute atomic E-state index is 0.219. The van der Waals surface area contributed by atoms with Crippen LogP contribution >= 0.6 is 0 Å². The summed E-state index contributed by atoms with van der Waals surface area (Å²) in [5.74, 6) is 0.219. The molecule has 0 saturated heterocycles. The molecule has 1 atom stereocenters. The predicted molar refractivity (Wildman–Crippen MR) is 53.3 cm³/mol. The van der Waals surface area contributed by atoms with Gasteiger partial charge in [-0.15, -0.1) is 0 Å². The van der Waals surface area contributed by atoms with Crippen molar-refractivity contribution in [3.05, 3.63) is 35.4 Å². The first-order valence-corrected chi connectivity index (χ1v) is 5.61. The van der Waals surface area contributed by atoms with Crippen LogP contribution in [0.1, 0.15) is 18.1 Å². The molecule has 2 nitrogen and oxygen atoms in total. The summed E-state index contributed by atoms with van der Waals surface area (Å²) in [4.78, 5) is 0. The summed E-state index contributed by atoms with van der Waals surface area (Å²) in [7, 11) is 0. The highest BCUT2D eigenvalue weighted by molar-refractivity contribution is 7.79. The maximum Gasteiger partial charge on any atom is 0.0142 e. The van der Waals surface area contributed by atoms with Gasteiger partial charge in [-0.05, 0) is 24.0 Å². The Morgan fingerprint density at radius 2 is 1.92 bits per heavy atom. The molecule has 72 valence electrons. The molecule has 0 aromatic heterocycles. The average Bonchev–Trinajstić information content (AvgIpc) is 2.15. The van der Waals surface area contributed by atoms with Gasteiger partial charge in [0.05, 0.1) is 0 Å². The lowest BCUT2D eigenvalue weighted by molar-refractivity contribution is 0.536. The summed E-state index contributed by atoms with van der Waals surface area (Å²) in [5, 5.41) is 0. The normalized spacial score (nSPS) is 12.8. The fourth-order valence-electron chi connectivity index (χ4n) is 1.34. The summed E-state index contributed by atoms with van der Waals surface area (Å²) in [6.07, 6.45) is 1.59. The Morgan fingerprint density at radius 1 is 1.31 bits per heavy atom. The Balaban J connectivity index is 2.69. The highest BCUT2D eigenvalue weighted by Gasteiger charge is 1.98. The van der Waals surface area contributed by atoms with E-state index in [4.69, 9.17) is 0 Å². The van der Waals surface area contributed by atoms with E-state index < -0.39 is 11.1 Å². The van der Waals surface area contributed by atoms with Crippen LogP contribution in [0.15, 0.2) is 24.3 Å². The van der Waals surface area contributed by atoms with Crippen molar-refractivity contribution < 1.29 is 8.76 Å². The van der Waals surface area contributed by atoms with Crippen molar-refractivity contribution in [3.8, 4) is 0 Å². The first-order chi connectivity index (χ1) is 6.24. The average molecular weight is 197 g/mol. The van der Waals surface area contributed by atoms with Gasteiger partial charge in [0, 0.05) is 5.75 Å². The SMILES string of the molecule is CCc1ccccc1CCS(=O)[O-]. The van der Waals surface area contributed by atoms with Gasteiger partial charge in [0.15, 0.2) is 0 Å². The van der Waals surface area contributed by atoms with Crippen molar-refractivity contribution in [1.82, 2.24) is 0 Å². The van der Waals surface area contributed by atoms with E-state index in [0.717, 1.165) is 12.0 Å². The molecule has 0 spiro atoms. The van der Waals surface area contributed by atoms with E-state index >= 15 is 0 Å². The Labute approximate surface area is 81.3 Å². The van der Waals surface area contributed by atoms with E-state index in [-0.39, 0.29) is 5.75 Å². The molecule has 13 heavy (non-hydrogen) atoms. The molecule has 0 bridgehead atoms. The molecule has 0 saturated carbocycles. The third-order valence-electron chi connectivity index (χ3n) is 2.04. The van der Waals surface area contributed by atoms with Crippen LogP contribution in [0.4, 0.5) is 0 Å². The summed E-state index contributed by atoms with van der Waals surface area (Å²) in [5.41, 5.74) is 2.39. The fraction of sp³-hybridized carbons (Fsp3) is 0.400. The fourth-order valence-corrected chi connectivity index (χ4v) is 1.73. The van der Waals surface area contributed by atoms with E-state index in [1.54, 1.807) is 0 Å². The summed E-state index contributed by atoms with van der Waals surface area (Å²) < 4.78 is 20.7. The van der Waals surface area contributed by atoms with Gasteiger partial charge in [-0.1, -0.05) is 42.3 Å². The molecule has 0 amide bonds. The van der Waals surface area contributed by atoms with Crippen molar-refractivity contribution in [1.29, 1.82) is 0 Å². The van der Waals surface area contributed by atoms with Crippen molar-refractivity contribution in [2.45, 2.75) is 19.8 Å². The van der Waals surface area contributed by atoms with Gasteiger partial charge in [0.25, 0.3) is 0 Å². The second-order valence-corrected chi connectivity index (χ2v) is 3.90. The Bertz CT molecular complexity index is 297. The zero-order valence-electron chi connectivity index (χ0n) is 7.66. The molecule has 0 fully saturated rings. The molecule has 0 aliphatic carbocycles. The second-order valence-electron chi connectivity index (χ2n) is 2.88. The number of aryl methyl sites for hydroxylation is 2. The van der Waals surface area contributed by atoms with E-state index in [1.807, 2.05) is 24.3 Å². The van der Waals surface area contributed by atoms with Crippen LogP contribution in [0.2, 0.25) is 0 Å². The molecule has 0 aliphatic rings. The quantitative estimate of drug-likeness (QED) is 0.689. The predicted octanol–water partition coefficient (Wildman–Crippen LogP) is 1.67. The largest absolute Gasteiger partial charge is 0.772 e. The zero-order chi connectivity index (χ0) is 9.68. The number of rotatable bonds is 4. The van der Waals surface area contributed by atoms with Crippen LogP contribution in [-0.4, -0.2) is 14.5 Å². The molecule has 1 aromatic rings. The zero-order valence-corrected chi connectivity index (χ0v) is 8.47. The molecule has 0 aliphatic heterocycles. The van der Waals surface area contributed by atoms with Gasteiger partial charge >= 0.3 is 0 Å². The summed E-state index contributed by atoms with van der Waals surface area (Å²) in [6.45, 7) is 2.08. The van der Waals surface area contributed by atoms with Gasteiger partial charge in [0.1, 0.15) is 0 Å². The minimum atomic E-state index is -1.93. The first kappa shape index (κ1) is 10.4. The molecule has 0 heterocycles. The van der Waals surface area contributed by atoms with E-state index in [9.17, 15) is 8.76 Å². The number of benzene rings is 1. The molecular weight excluding hydrogens is 184 g/mol. The van der Waals surface area contributed by atoms with Crippen molar-refractivity contribution in [2.75, 3.05) is 5.75 Å². The smallest absolute Gasteiger partial charge is 0.0142 e. The van der Waals surface area contributed by atoms with E-state index in [1.165, 1.54) is 5.56 Å². The lowest BCUT2D eigenvalue weighted by Gasteiger charge is -2.08. The Hall–Kier alpha value is -0.670. The van der Waals surface area contributed by atoms with Gasteiger partial charge in [-0.25, -0.2) is 0 Å². The molecule has 0 N–H and O–H groups in total. The van der Waals surface area contributed by atoms with Crippen LogP contribution < -0.4 is 0 Å². The van der Waals surface area contributed by atoms with Crippen molar-refractivity contribution in [3.63, 3.8) is 0 Å². The second kappa shape index (κ2) is 5.14. The third-order valence-corrected chi connectivity index (χ3v) is 2.57. The van der Waals surface area contributed by atoms with Crippen LogP contribution in [0.3, 0.4) is 0 Å². The van der Waals surface area contributed by atoms with Gasteiger partial charge in [0.2, 0.25) is 0 Å². The standard InChI is InChI=1S/C10H14O2S/c1-2-9-5-3-4-6-10(9)7-8-13(11)12/h3-6H,2,7-8H2,1H3,(H,11,12)/p-1. The number of hydrogen-bond donors (Lipinski definition) is 0. The van der Waals surface area contributed by atoms with Gasteiger partial charge in [-0.2, -0.15) is 0 Å². The molecule has 0 radical (unpaired) electrons. The first-order valence-electron chi connectivity index (χ1n) is 4.36. The Morgan fingerprint density at radius 3 is 2.46 bits per heavy atom. The van der Waals surface area contributed by atoms with Crippen LogP contribution in [0.5, 0.6) is 0 Å². The topological polar surface area (TPSA) is 40.1 Å². The maximum atomic E-state index is 10.4.